The molecule has 0 unspecified atom stereocenters. The highest BCUT2D eigenvalue weighted by atomic mass is 79.9. The van der Waals surface area contributed by atoms with Crippen LogP contribution < -0.4 is 5.32 Å². The molecule has 1 amide bonds. The fraction of sp³-hybridized carbons (Fsp3) is 0.250. The van der Waals surface area contributed by atoms with Crippen molar-refractivity contribution in [3.05, 3.63) is 57.7 Å². The Kier molecular flexibility index (Phi) is 4.90. The van der Waals surface area contributed by atoms with Crippen LogP contribution in [0.4, 0.5) is 5.82 Å². The Labute approximate surface area is 127 Å². The zero-order valence-corrected chi connectivity index (χ0v) is 13.2. The van der Waals surface area contributed by atoms with Gasteiger partial charge in [0.2, 0.25) is 5.91 Å². The van der Waals surface area contributed by atoms with Crippen LogP contribution in [0, 0.1) is 13.8 Å². The molecule has 0 aliphatic heterocycles. The summed E-state index contributed by atoms with van der Waals surface area (Å²) >= 11 is 3.39. The largest absolute Gasteiger partial charge is 0.311 e. The monoisotopic (exact) mass is 332 g/mol. The highest BCUT2D eigenvalue weighted by Gasteiger charge is 2.06. The molecule has 0 bridgehead atoms. The number of hydrogen-bond acceptors (Lipinski definition) is 2. The van der Waals surface area contributed by atoms with Crippen LogP contribution in [0.3, 0.4) is 0 Å². The fourth-order valence-corrected chi connectivity index (χ4v) is 2.17. The Bertz CT molecular complexity index is 626. The van der Waals surface area contributed by atoms with E-state index < -0.39 is 0 Å². The first-order valence-corrected chi connectivity index (χ1v) is 7.32. The number of nitrogens with one attached hydrogen (secondary N) is 1. The van der Waals surface area contributed by atoms with E-state index in [0.29, 0.717) is 12.2 Å². The molecule has 0 saturated carbocycles. The molecule has 0 atom stereocenters. The lowest BCUT2D eigenvalue weighted by Crippen LogP contribution is -2.13. The number of carbonyl (C=O) groups is 1. The van der Waals surface area contributed by atoms with Gasteiger partial charge in [0.25, 0.3) is 0 Å². The molecule has 20 heavy (non-hydrogen) atoms. The zero-order valence-electron chi connectivity index (χ0n) is 11.6. The highest BCUT2D eigenvalue weighted by molar-refractivity contribution is 9.10. The first-order chi connectivity index (χ1) is 9.56. The average Bonchev–Trinajstić information content (AvgIpc) is 2.42. The third-order valence-corrected chi connectivity index (χ3v) is 4.03. The van der Waals surface area contributed by atoms with E-state index in [0.717, 1.165) is 16.5 Å². The minimum atomic E-state index is -0.0116. The van der Waals surface area contributed by atoms with E-state index in [1.54, 1.807) is 6.20 Å². The predicted octanol–water partition coefficient (Wildman–Crippen LogP) is 4.03. The number of rotatable bonds is 4. The Morgan fingerprint density at radius 1 is 1.25 bits per heavy atom. The van der Waals surface area contributed by atoms with Crippen molar-refractivity contribution < 1.29 is 4.79 Å². The topological polar surface area (TPSA) is 42.0 Å². The minimum Gasteiger partial charge on any atom is -0.311 e. The molecule has 1 aromatic carbocycles. The van der Waals surface area contributed by atoms with Crippen LogP contribution in [0.15, 0.2) is 41.0 Å². The van der Waals surface area contributed by atoms with Crippen LogP contribution in [0.25, 0.3) is 0 Å². The van der Waals surface area contributed by atoms with Gasteiger partial charge in [-0.2, -0.15) is 0 Å². The van der Waals surface area contributed by atoms with Crippen LogP contribution in [0.2, 0.25) is 0 Å². The maximum Gasteiger partial charge on any atom is 0.225 e. The van der Waals surface area contributed by atoms with Crippen molar-refractivity contribution in [1.82, 2.24) is 4.98 Å². The molecular formula is C16H17BrN2O. The number of aromatic nitrogens is 1. The molecular weight excluding hydrogens is 316 g/mol. The van der Waals surface area contributed by atoms with Crippen LogP contribution in [-0.2, 0) is 11.2 Å². The van der Waals surface area contributed by atoms with Gasteiger partial charge in [-0.1, -0.05) is 24.3 Å². The maximum absolute atomic E-state index is 11.9. The lowest BCUT2D eigenvalue weighted by Gasteiger charge is -2.07. The molecule has 104 valence electrons. The van der Waals surface area contributed by atoms with Crippen molar-refractivity contribution >= 4 is 27.7 Å². The van der Waals surface area contributed by atoms with Crippen LogP contribution in [0.5, 0.6) is 0 Å². The summed E-state index contributed by atoms with van der Waals surface area (Å²) in [5, 5.41) is 2.83. The number of pyridine rings is 1. The lowest BCUT2D eigenvalue weighted by atomic mass is 10.0. The molecule has 0 spiro atoms. The second-order valence-corrected chi connectivity index (χ2v) is 5.65. The summed E-state index contributed by atoms with van der Waals surface area (Å²) in [5.74, 6) is 0.586. The summed E-state index contributed by atoms with van der Waals surface area (Å²) in [4.78, 5) is 16.1. The SMILES string of the molecule is Cc1cc(NC(=O)CCc2ccccc2C)ncc1Br. The summed E-state index contributed by atoms with van der Waals surface area (Å²) in [6.45, 7) is 4.03. The van der Waals surface area contributed by atoms with Gasteiger partial charge in [-0.05, 0) is 59.0 Å². The lowest BCUT2D eigenvalue weighted by molar-refractivity contribution is -0.116. The standard InChI is InChI=1S/C16H17BrN2O/c1-11-5-3-4-6-13(11)7-8-16(20)19-15-9-12(2)14(17)10-18-15/h3-6,9-10H,7-8H2,1-2H3,(H,18,19,20). The summed E-state index contributed by atoms with van der Waals surface area (Å²) < 4.78 is 0.940. The van der Waals surface area contributed by atoms with E-state index in [1.165, 1.54) is 11.1 Å². The Morgan fingerprint density at radius 3 is 2.70 bits per heavy atom. The molecule has 0 saturated heterocycles. The van der Waals surface area contributed by atoms with Gasteiger partial charge in [0, 0.05) is 17.1 Å². The number of carbonyl (C=O) groups excluding carboxylic acids is 1. The Morgan fingerprint density at radius 2 is 2.00 bits per heavy atom. The smallest absolute Gasteiger partial charge is 0.225 e. The van der Waals surface area contributed by atoms with E-state index in [-0.39, 0.29) is 5.91 Å². The molecule has 3 nitrogen and oxygen atoms in total. The van der Waals surface area contributed by atoms with Gasteiger partial charge in [0.05, 0.1) is 0 Å². The number of aryl methyl sites for hydroxylation is 3. The van der Waals surface area contributed by atoms with E-state index in [1.807, 2.05) is 25.1 Å². The van der Waals surface area contributed by atoms with Crippen molar-refractivity contribution in [2.45, 2.75) is 26.7 Å². The van der Waals surface area contributed by atoms with Crippen molar-refractivity contribution in [3.63, 3.8) is 0 Å². The summed E-state index contributed by atoms with van der Waals surface area (Å²) in [6, 6.07) is 9.99. The van der Waals surface area contributed by atoms with E-state index >= 15 is 0 Å². The van der Waals surface area contributed by atoms with E-state index in [2.05, 4.69) is 45.3 Å². The normalized spacial score (nSPS) is 10.3. The number of hydrogen-bond donors (Lipinski definition) is 1. The first-order valence-electron chi connectivity index (χ1n) is 6.53. The van der Waals surface area contributed by atoms with Gasteiger partial charge < -0.3 is 5.32 Å². The van der Waals surface area contributed by atoms with E-state index in [9.17, 15) is 4.79 Å². The molecule has 2 rings (SSSR count). The Hall–Kier alpha value is -1.68. The summed E-state index contributed by atoms with van der Waals surface area (Å²) in [7, 11) is 0. The van der Waals surface area contributed by atoms with Gasteiger partial charge >= 0.3 is 0 Å². The first kappa shape index (κ1) is 14.7. The molecule has 0 aliphatic carbocycles. The molecule has 1 aromatic heterocycles. The summed E-state index contributed by atoms with van der Waals surface area (Å²) in [5.41, 5.74) is 3.48. The molecule has 4 heteroatoms. The average molecular weight is 333 g/mol. The zero-order chi connectivity index (χ0) is 14.5. The number of anilines is 1. The van der Waals surface area contributed by atoms with Crippen molar-refractivity contribution in [2.75, 3.05) is 5.32 Å². The van der Waals surface area contributed by atoms with Gasteiger partial charge in [0.15, 0.2) is 0 Å². The number of benzene rings is 1. The van der Waals surface area contributed by atoms with Crippen molar-refractivity contribution in [2.24, 2.45) is 0 Å². The van der Waals surface area contributed by atoms with Crippen LogP contribution >= 0.6 is 15.9 Å². The predicted molar refractivity (Wildman–Crippen MR) is 84.8 cm³/mol. The maximum atomic E-state index is 11.9. The molecule has 0 radical (unpaired) electrons. The third kappa shape index (κ3) is 3.90. The molecule has 2 aromatic rings. The fourth-order valence-electron chi connectivity index (χ4n) is 1.95. The second kappa shape index (κ2) is 6.66. The minimum absolute atomic E-state index is 0.0116. The summed E-state index contributed by atoms with van der Waals surface area (Å²) in [6.07, 6.45) is 2.90. The van der Waals surface area contributed by atoms with Gasteiger partial charge in [-0.25, -0.2) is 4.98 Å². The number of nitrogens with zero attached hydrogens (tertiary/aromatic N) is 1. The van der Waals surface area contributed by atoms with Gasteiger partial charge in [0.1, 0.15) is 5.82 Å². The van der Waals surface area contributed by atoms with Crippen LogP contribution in [0.1, 0.15) is 23.1 Å². The molecule has 1 N–H and O–H groups in total. The van der Waals surface area contributed by atoms with Crippen molar-refractivity contribution in [3.8, 4) is 0 Å². The van der Waals surface area contributed by atoms with Crippen LogP contribution in [-0.4, -0.2) is 10.9 Å². The molecule has 1 heterocycles. The van der Waals surface area contributed by atoms with Gasteiger partial charge in [-0.3, -0.25) is 4.79 Å². The Balaban J connectivity index is 1.93. The number of amides is 1. The van der Waals surface area contributed by atoms with Gasteiger partial charge in [-0.15, -0.1) is 0 Å². The quantitative estimate of drug-likeness (QED) is 0.918. The molecule has 0 fully saturated rings. The molecule has 0 aliphatic rings. The van der Waals surface area contributed by atoms with E-state index in [4.69, 9.17) is 0 Å². The van der Waals surface area contributed by atoms with Crippen molar-refractivity contribution in [1.29, 1.82) is 0 Å². The second-order valence-electron chi connectivity index (χ2n) is 4.79. The third-order valence-electron chi connectivity index (χ3n) is 3.20. The number of halogens is 1. The highest BCUT2D eigenvalue weighted by Crippen LogP contribution is 2.17.